The van der Waals surface area contributed by atoms with Crippen molar-refractivity contribution >= 4 is 6.03 Å². The summed E-state index contributed by atoms with van der Waals surface area (Å²) in [6.07, 6.45) is 0. The molecule has 0 aromatic heterocycles. The van der Waals surface area contributed by atoms with Gasteiger partial charge in [-0.25, -0.2) is 9.18 Å². The van der Waals surface area contributed by atoms with Gasteiger partial charge in [-0.1, -0.05) is 18.2 Å². The predicted octanol–water partition coefficient (Wildman–Crippen LogP) is 2.60. The third-order valence-corrected chi connectivity index (χ3v) is 3.43. The fourth-order valence-corrected chi connectivity index (χ4v) is 2.23. The first-order chi connectivity index (χ1) is 11.2. The monoisotopic (exact) mass is 316 g/mol. The van der Waals surface area contributed by atoms with Crippen molar-refractivity contribution in [2.24, 2.45) is 0 Å². The second kappa shape index (κ2) is 7.00. The van der Waals surface area contributed by atoms with E-state index >= 15 is 0 Å². The van der Waals surface area contributed by atoms with Crippen LogP contribution in [0.3, 0.4) is 0 Å². The highest BCUT2D eigenvalue weighted by Gasteiger charge is 2.11. The van der Waals surface area contributed by atoms with Crippen molar-refractivity contribution in [2.45, 2.75) is 13.1 Å². The quantitative estimate of drug-likeness (QED) is 0.911. The number of hydrogen-bond acceptors (Lipinski definition) is 3. The Morgan fingerprint density at radius 2 is 1.52 bits per heavy atom. The minimum atomic E-state index is -0.295. The second-order valence-electron chi connectivity index (χ2n) is 5.14. The number of fused-ring (bicyclic) bond motifs is 1. The standard InChI is InChI=1S/C17H17FN2O3/c18-14-4-1-12(2-5-14)10-19-17(21)20-11-13-3-6-15-16(9-13)23-8-7-22-15/h1-6,9H,7-8,10-11H2,(H2,19,20,21). The summed E-state index contributed by atoms with van der Waals surface area (Å²) in [5, 5.41) is 5.49. The third kappa shape index (κ3) is 4.12. The molecule has 2 amide bonds. The molecule has 2 aromatic carbocycles. The van der Waals surface area contributed by atoms with Crippen molar-refractivity contribution in [3.8, 4) is 11.5 Å². The van der Waals surface area contributed by atoms with Gasteiger partial charge in [0.15, 0.2) is 11.5 Å². The van der Waals surface area contributed by atoms with Gasteiger partial charge in [-0.2, -0.15) is 0 Å². The molecule has 0 atom stereocenters. The van der Waals surface area contributed by atoms with Gasteiger partial charge in [0.1, 0.15) is 19.0 Å². The molecule has 0 spiro atoms. The summed E-state index contributed by atoms with van der Waals surface area (Å²) in [4.78, 5) is 11.8. The molecule has 6 heteroatoms. The van der Waals surface area contributed by atoms with Gasteiger partial charge >= 0.3 is 6.03 Å². The number of carbonyl (C=O) groups excluding carboxylic acids is 1. The van der Waals surface area contributed by atoms with E-state index in [9.17, 15) is 9.18 Å². The fraction of sp³-hybridized carbons (Fsp3) is 0.235. The van der Waals surface area contributed by atoms with Crippen LogP contribution >= 0.6 is 0 Å². The third-order valence-electron chi connectivity index (χ3n) is 3.43. The van der Waals surface area contributed by atoms with Crippen LogP contribution in [0.1, 0.15) is 11.1 Å². The minimum absolute atomic E-state index is 0.288. The van der Waals surface area contributed by atoms with Crippen LogP contribution in [-0.2, 0) is 13.1 Å². The van der Waals surface area contributed by atoms with Crippen LogP contribution in [0, 0.1) is 5.82 Å². The summed E-state index contributed by atoms with van der Waals surface area (Å²) in [6, 6.07) is 11.3. The minimum Gasteiger partial charge on any atom is -0.486 e. The number of halogens is 1. The number of hydrogen-bond donors (Lipinski definition) is 2. The molecule has 0 saturated carbocycles. The molecular formula is C17H17FN2O3. The first-order valence-electron chi connectivity index (χ1n) is 7.35. The number of nitrogens with one attached hydrogen (secondary N) is 2. The van der Waals surface area contributed by atoms with Crippen LogP contribution < -0.4 is 20.1 Å². The Balaban J connectivity index is 1.48. The van der Waals surface area contributed by atoms with Gasteiger partial charge in [-0.15, -0.1) is 0 Å². The highest BCUT2D eigenvalue weighted by Crippen LogP contribution is 2.30. The van der Waals surface area contributed by atoms with E-state index in [1.807, 2.05) is 18.2 Å². The van der Waals surface area contributed by atoms with E-state index in [0.29, 0.717) is 32.1 Å². The highest BCUT2D eigenvalue weighted by molar-refractivity contribution is 5.73. The Morgan fingerprint density at radius 3 is 2.26 bits per heavy atom. The van der Waals surface area contributed by atoms with E-state index in [1.54, 1.807) is 12.1 Å². The smallest absolute Gasteiger partial charge is 0.315 e. The molecule has 0 aliphatic carbocycles. The molecule has 2 aromatic rings. The highest BCUT2D eigenvalue weighted by atomic mass is 19.1. The Kier molecular flexibility index (Phi) is 4.61. The predicted molar refractivity (Wildman–Crippen MR) is 82.9 cm³/mol. The molecule has 0 radical (unpaired) electrons. The molecule has 0 fully saturated rings. The molecule has 120 valence electrons. The summed E-state index contributed by atoms with van der Waals surface area (Å²) >= 11 is 0. The number of urea groups is 1. The molecule has 0 bridgehead atoms. The van der Waals surface area contributed by atoms with Crippen LogP contribution in [0.2, 0.25) is 0 Å². The van der Waals surface area contributed by atoms with E-state index < -0.39 is 0 Å². The molecule has 1 heterocycles. The maximum absolute atomic E-state index is 12.8. The van der Waals surface area contributed by atoms with Crippen molar-refractivity contribution in [2.75, 3.05) is 13.2 Å². The van der Waals surface area contributed by atoms with Gasteiger partial charge in [-0.3, -0.25) is 0 Å². The lowest BCUT2D eigenvalue weighted by Gasteiger charge is -2.19. The number of carbonyl (C=O) groups is 1. The average molecular weight is 316 g/mol. The van der Waals surface area contributed by atoms with Gasteiger partial charge in [0, 0.05) is 13.1 Å². The topological polar surface area (TPSA) is 59.6 Å². The van der Waals surface area contributed by atoms with E-state index in [-0.39, 0.29) is 11.8 Å². The summed E-state index contributed by atoms with van der Waals surface area (Å²) in [6.45, 7) is 1.80. The van der Waals surface area contributed by atoms with Crippen molar-refractivity contribution < 1.29 is 18.7 Å². The Hall–Kier alpha value is -2.76. The van der Waals surface area contributed by atoms with Crippen LogP contribution in [-0.4, -0.2) is 19.2 Å². The van der Waals surface area contributed by atoms with Gasteiger partial charge in [0.25, 0.3) is 0 Å². The summed E-state index contributed by atoms with van der Waals surface area (Å²) in [5.74, 6) is 1.12. The van der Waals surface area contributed by atoms with E-state index in [2.05, 4.69) is 10.6 Å². The maximum atomic E-state index is 12.8. The first-order valence-corrected chi connectivity index (χ1v) is 7.35. The largest absolute Gasteiger partial charge is 0.486 e. The van der Waals surface area contributed by atoms with Gasteiger partial charge < -0.3 is 20.1 Å². The van der Waals surface area contributed by atoms with Crippen LogP contribution in [0.4, 0.5) is 9.18 Å². The number of benzene rings is 2. The first kappa shape index (κ1) is 15.1. The lowest BCUT2D eigenvalue weighted by Crippen LogP contribution is -2.34. The van der Waals surface area contributed by atoms with E-state index in [0.717, 1.165) is 16.9 Å². The molecule has 0 unspecified atom stereocenters. The number of ether oxygens (including phenoxy) is 2. The zero-order chi connectivity index (χ0) is 16.1. The van der Waals surface area contributed by atoms with Crippen LogP contribution in [0.5, 0.6) is 11.5 Å². The van der Waals surface area contributed by atoms with Gasteiger partial charge in [0.05, 0.1) is 0 Å². The molecule has 1 aliphatic heterocycles. The Morgan fingerprint density at radius 1 is 0.913 bits per heavy atom. The molecule has 2 N–H and O–H groups in total. The van der Waals surface area contributed by atoms with Crippen LogP contribution in [0.15, 0.2) is 42.5 Å². The van der Waals surface area contributed by atoms with Gasteiger partial charge in [-0.05, 0) is 35.4 Å². The normalized spacial score (nSPS) is 12.6. The molecule has 0 saturated heterocycles. The fourth-order valence-electron chi connectivity index (χ4n) is 2.23. The SMILES string of the molecule is O=C(NCc1ccc(F)cc1)NCc1ccc2c(c1)OCCO2. The summed E-state index contributed by atoms with van der Waals surface area (Å²) in [5.41, 5.74) is 1.76. The summed E-state index contributed by atoms with van der Waals surface area (Å²) < 4.78 is 23.7. The van der Waals surface area contributed by atoms with E-state index in [1.165, 1.54) is 12.1 Å². The molecule has 5 nitrogen and oxygen atoms in total. The number of rotatable bonds is 4. The van der Waals surface area contributed by atoms with Crippen molar-refractivity contribution in [1.29, 1.82) is 0 Å². The van der Waals surface area contributed by atoms with Crippen molar-refractivity contribution in [3.63, 3.8) is 0 Å². The maximum Gasteiger partial charge on any atom is 0.315 e. The van der Waals surface area contributed by atoms with Crippen molar-refractivity contribution in [1.82, 2.24) is 10.6 Å². The molecule has 23 heavy (non-hydrogen) atoms. The summed E-state index contributed by atoms with van der Waals surface area (Å²) in [7, 11) is 0. The zero-order valence-corrected chi connectivity index (χ0v) is 12.5. The van der Waals surface area contributed by atoms with Crippen molar-refractivity contribution in [3.05, 3.63) is 59.4 Å². The lowest BCUT2D eigenvalue weighted by atomic mass is 10.2. The molecular weight excluding hydrogens is 299 g/mol. The zero-order valence-electron chi connectivity index (χ0n) is 12.5. The average Bonchev–Trinajstić information content (AvgIpc) is 2.59. The molecule has 3 rings (SSSR count). The van der Waals surface area contributed by atoms with Gasteiger partial charge in [0.2, 0.25) is 0 Å². The van der Waals surface area contributed by atoms with E-state index in [4.69, 9.17) is 9.47 Å². The molecule has 1 aliphatic rings. The Bertz CT molecular complexity index is 689. The number of amides is 2. The second-order valence-corrected chi connectivity index (χ2v) is 5.14. The van der Waals surface area contributed by atoms with Crippen LogP contribution in [0.25, 0.3) is 0 Å². The Labute approximate surface area is 133 Å². The lowest BCUT2D eigenvalue weighted by molar-refractivity contribution is 0.171.